The number of benzene rings is 1. The van der Waals surface area contributed by atoms with Gasteiger partial charge in [0, 0.05) is 40.9 Å². The van der Waals surface area contributed by atoms with Crippen LogP contribution in [0.3, 0.4) is 0 Å². The van der Waals surface area contributed by atoms with Crippen molar-refractivity contribution in [3.8, 4) is 0 Å². The van der Waals surface area contributed by atoms with Gasteiger partial charge in [0.2, 0.25) is 0 Å². The summed E-state index contributed by atoms with van der Waals surface area (Å²) in [5.74, 6) is 0.679. The number of unbranched alkanes of at least 4 members (excludes halogenated alkanes) is 1. The van der Waals surface area contributed by atoms with Crippen LogP contribution in [0.25, 0.3) is 5.70 Å². The van der Waals surface area contributed by atoms with Crippen molar-refractivity contribution in [2.75, 3.05) is 11.9 Å². The zero-order valence-corrected chi connectivity index (χ0v) is 16.6. The van der Waals surface area contributed by atoms with E-state index in [2.05, 4.69) is 48.5 Å². The molecule has 0 amide bonds. The molecule has 0 spiro atoms. The third-order valence-electron chi connectivity index (χ3n) is 4.77. The summed E-state index contributed by atoms with van der Waals surface area (Å²) in [6.07, 6.45) is 6.78. The highest BCUT2D eigenvalue weighted by Gasteiger charge is 2.12. The summed E-state index contributed by atoms with van der Waals surface area (Å²) in [5.41, 5.74) is 5.23. The Bertz CT molecular complexity index is 706. The molecule has 1 aromatic heterocycles. The lowest BCUT2D eigenvalue weighted by Gasteiger charge is -2.24. The molecule has 2 rings (SSSR count). The number of hydrogen-bond acceptors (Lipinski definition) is 2. The summed E-state index contributed by atoms with van der Waals surface area (Å²) < 4.78 is 0. The highest BCUT2D eigenvalue weighted by Crippen LogP contribution is 2.30. The minimum Gasteiger partial charge on any atom is -0.344 e. The Kier molecular flexibility index (Phi) is 7.07. The van der Waals surface area contributed by atoms with E-state index in [1.54, 1.807) is 0 Å². The van der Waals surface area contributed by atoms with Crippen molar-refractivity contribution >= 4 is 23.0 Å². The van der Waals surface area contributed by atoms with Crippen molar-refractivity contribution in [2.45, 2.75) is 46.5 Å². The van der Waals surface area contributed by atoms with Crippen LogP contribution in [0.15, 0.2) is 43.1 Å². The van der Waals surface area contributed by atoms with Gasteiger partial charge in [-0.1, -0.05) is 57.4 Å². The summed E-state index contributed by atoms with van der Waals surface area (Å²) in [6, 6.07) is 10.2. The zero-order chi connectivity index (χ0) is 18.4. The number of hydrogen-bond donors (Lipinski definition) is 0. The van der Waals surface area contributed by atoms with E-state index in [0.717, 1.165) is 39.6 Å². The first kappa shape index (κ1) is 19.5. The quantitative estimate of drug-likeness (QED) is 0.535. The van der Waals surface area contributed by atoms with Crippen molar-refractivity contribution in [3.63, 3.8) is 0 Å². The molecule has 0 saturated carbocycles. The summed E-state index contributed by atoms with van der Waals surface area (Å²) in [4.78, 5) is 6.72. The van der Waals surface area contributed by atoms with Crippen molar-refractivity contribution in [1.29, 1.82) is 0 Å². The van der Waals surface area contributed by atoms with Crippen LogP contribution < -0.4 is 4.90 Å². The van der Waals surface area contributed by atoms with E-state index in [-0.39, 0.29) is 0 Å². The molecule has 0 aliphatic carbocycles. The maximum absolute atomic E-state index is 6.25. The second kappa shape index (κ2) is 9.05. The Balaban J connectivity index is 2.08. The minimum atomic E-state index is 0.679. The fourth-order valence-electron chi connectivity index (χ4n) is 3.03. The van der Waals surface area contributed by atoms with E-state index < -0.39 is 0 Å². The van der Waals surface area contributed by atoms with E-state index in [9.17, 15) is 0 Å². The molecule has 3 heteroatoms. The molecule has 0 bridgehead atoms. The monoisotopic (exact) mass is 356 g/mol. The van der Waals surface area contributed by atoms with Crippen molar-refractivity contribution in [1.82, 2.24) is 4.98 Å². The van der Waals surface area contributed by atoms with Gasteiger partial charge in [0.25, 0.3) is 0 Å². The molecule has 2 nitrogen and oxygen atoms in total. The molecule has 1 aromatic carbocycles. The van der Waals surface area contributed by atoms with E-state index in [4.69, 9.17) is 11.6 Å². The largest absolute Gasteiger partial charge is 0.344 e. The second-order valence-corrected chi connectivity index (χ2v) is 7.29. The van der Waals surface area contributed by atoms with Gasteiger partial charge in [-0.25, -0.2) is 0 Å². The van der Waals surface area contributed by atoms with Gasteiger partial charge in [0.05, 0.1) is 0 Å². The highest BCUT2D eigenvalue weighted by atomic mass is 35.5. The van der Waals surface area contributed by atoms with Crippen LogP contribution in [0.4, 0.5) is 5.69 Å². The topological polar surface area (TPSA) is 16.1 Å². The van der Waals surface area contributed by atoms with Crippen LogP contribution in [0.1, 0.15) is 49.9 Å². The molecular weight excluding hydrogens is 328 g/mol. The van der Waals surface area contributed by atoms with Crippen molar-refractivity contribution < 1.29 is 0 Å². The molecule has 0 radical (unpaired) electrons. The standard InChI is InChI=1S/C22H29ClN2/c1-6-7-9-16(2)14-20-13-12-19(15-24-20)18(4)25(5)22-11-8-10-21(23)17(22)3/h8,10-13,15-16H,4,6-7,9,14H2,1-3,5H3. The van der Waals surface area contributed by atoms with Gasteiger partial charge in [-0.2, -0.15) is 0 Å². The highest BCUT2D eigenvalue weighted by molar-refractivity contribution is 6.31. The molecule has 25 heavy (non-hydrogen) atoms. The second-order valence-electron chi connectivity index (χ2n) is 6.88. The summed E-state index contributed by atoms with van der Waals surface area (Å²) in [5, 5.41) is 0.770. The SMILES string of the molecule is C=C(c1ccc(CC(C)CCCC)nc1)N(C)c1cccc(Cl)c1C. The van der Waals surface area contributed by atoms with E-state index in [1.807, 2.05) is 32.3 Å². The lowest BCUT2D eigenvalue weighted by molar-refractivity contribution is 0.498. The fourth-order valence-corrected chi connectivity index (χ4v) is 3.20. The molecule has 0 aliphatic rings. The number of aromatic nitrogens is 1. The van der Waals surface area contributed by atoms with Gasteiger partial charge in [0.15, 0.2) is 0 Å². The Morgan fingerprint density at radius 2 is 2.04 bits per heavy atom. The van der Waals surface area contributed by atoms with Crippen molar-refractivity contribution in [2.24, 2.45) is 5.92 Å². The Morgan fingerprint density at radius 1 is 1.28 bits per heavy atom. The number of pyridine rings is 1. The summed E-state index contributed by atoms with van der Waals surface area (Å²) >= 11 is 6.25. The fraction of sp³-hybridized carbons (Fsp3) is 0.409. The van der Waals surface area contributed by atoms with Gasteiger partial charge in [0.1, 0.15) is 0 Å². The first-order valence-electron chi connectivity index (χ1n) is 9.07. The van der Waals surface area contributed by atoms with Crippen LogP contribution in [0.2, 0.25) is 5.02 Å². The Hall–Kier alpha value is -1.80. The minimum absolute atomic E-state index is 0.679. The maximum atomic E-state index is 6.25. The van der Waals surface area contributed by atoms with Crippen molar-refractivity contribution in [3.05, 3.63) is 65.0 Å². The lowest BCUT2D eigenvalue weighted by atomic mass is 9.98. The molecule has 1 unspecified atom stereocenters. The molecule has 1 atom stereocenters. The molecule has 1 heterocycles. The van der Waals surface area contributed by atoms with Crippen LogP contribution in [-0.2, 0) is 6.42 Å². The predicted octanol–water partition coefficient (Wildman–Crippen LogP) is 6.52. The molecule has 2 aromatic rings. The lowest BCUT2D eigenvalue weighted by Crippen LogP contribution is -2.16. The molecule has 0 fully saturated rings. The molecule has 0 saturated heterocycles. The smallest absolute Gasteiger partial charge is 0.0455 e. The van der Waals surface area contributed by atoms with Gasteiger partial charge < -0.3 is 4.90 Å². The van der Waals surface area contributed by atoms with Gasteiger partial charge >= 0.3 is 0 Å². The Morgan fingerprint density at radius 3 is 2.68 bits per heavy atom. The third-order valence-corrected chi connectivity index (χ3v) is 5.18. The third kappa shape index (κ3) is 5.09. The number of rotatable bonds is 8. The summed E-state index contributed by atoms with van der Waals surface area (Å²) in [6.45, 7) is 10.8. The normalized spacial score (nSPS) is 12.0. The van der Waals surface area contributed by atoms with Gasteiger partial charge in [-0.05, 0) is 49.1 Å². The van der Waals surface area contributed by atoms with Crippen LogP contribution in [-0.4, -0.2) is 12.0 Å². The molecule has 0 N–H and O–H groups in total. The molecular formula is C22H29ClN2. The van der Waals surface area contributed by atoms with Crippen LogP contribution in [0.5, 0.6) is 0 Å². The number of nitrogens with zero attached hydrogens (tertiary/aromatic N) is 2. The first-order valence-corrected chi connectivity index (χ1v) is 9.44. The van der Waals surface area contributed by atoms with Gasteiger partial charge in [-0.15, -0.1) is 0 Å². The van der Waals surface area contributed by atoms with E-state index in [0.29, 0.717) is 5.92 Å². The van der Waals surface area contributed by atoms with E-state index in [1.165, 1.54) is 19.3 Å². The van der Waals surface area contributed by atoms with E-state index >= 15 is 0 Å². The van der Waals surface area contributed by atoms with Gasteiger partial charge in [-0.3, -0.25) is 4.98 Å². The average Bonchev–Trinajstić information content (AvgIpc) is 2.61. The molecule has 134 valence electrons. The predicted molar refractivity (Wildman–Crippen MR) is 110 cm³/mol. The molecule has 0 aliphatic heterocycles. The Labute approximate surface area is 157 Å². The number of anilines is 1. The average molecular weight is 357 g/mol. The summed E-state index contributed by atoms with van der Waals surface area (Å²) in [7, 11) is 2.02. The number of halogens is 1. The van der Waals surface area contributed by atoms with Crippen LogP contribution >= 0.6 is 11.6 Å². The maximum Gasteiger partial charge on any atom is 0.0455 e. The first-order chi connectivity index (χ1) is 11.9. The van der Waals surface area contributed by atoms with Crippen LogP contribution in [0, 0.1) is 12.8 Å². The zero-order valence-electron chi connectivity index (χ0n) is 15.8.